The van der Waals surface area contributed by atoms with E-state index in [0.717, 1.165) is 17.7 Å². The van der Waals surface area contributed by atoms with E-state index in [2.05, 4.69) is 55.5 Å². The highest BCUT2D eigenvalue weighted by Crippen LogP contribution is 2.50. The lowest BCUT2D eigenvalue weighted by Crippen LogP contribution is -2.09. The number of carbonyl (C=O) groups excluding carboxylic acids is 1. The van der Waals surface area contributed by atoms with Crippen molar-refractivity contribution in [3.05, 3.63) is 77.4 Å². The maximum Gasteiger partial charge on any atom is 0.140 e. The lowest BCUT2D eigenvalue weighted by Gasteiger charge is -2.12. The highest BCUT2D eigenvalue weighted by molar-refractivity contribution is 5.88. The van der Waals surface area contributed by atoms with E-state index < -0.39 is 0 Å². The molecule has 3 atom stereocenters. The smallest absolute Gasteiger partial charge is 0.140 e. The number of hydrogen-bond acceptors (Lipinski definition) is 2. The molecule has 3 aromatic rings. The molecule has 0 saturated heterocycles. The zero-order valence-corrected chi connectivity index (χ0v) is 16.9. The van der Waals surface area contributed by atoms with Crippen molar-refractivity contribution in [1.29, 1.82) is 0 Å². The lowest BCUT2D eigenvalue weighted by molar-refractivity contribution is -0.120. The van der Waals surface area contributed by atoms with Crippen molar-refractivity contribution in [3.63, 3.8) is 0 Å². The quantitative estimate of drug-likeness (QED) is 0.479. The molecule has 0 spiro atoms. The van der Waals surface area contributed by atoms with Crippen molar-refractivity contribution < 1.29 is 9.53 Å². The summed E-state index contributed by atoms with van der Waals surface area (Å²) in [6, 6.07) is 21.2. The van der Waals surface area contributed by atoms with Crippen molar-refractivity contribution in [3.8, 4) is 5.75 Å². The van der Waals surface area contributed by atoms with Crippen LogP contribution in [0.5, 0.6) is 5.75 Å². The molecule has 4 rings (SSSR count). The first-order valence-electron chi connectivity index (χ1n) is 10.2. The van der Waals surface area contributed by atoms with Crippen LogP contribution in [0.4, 0.5) is 0 Å². The van der Waals surface area contributed by atoms with Crippen LogP contribution in [0.3, 0.4) is 0 Å². The zero-order valence-electron chi connectivity index (χ0n) is 16.9. The van der Waals surface area contributed by atoms with Crippen molar-refractivity contribution in [1.82, 2.24) is 0 Å². The van der Waals surface area contributed by atoms with Gasteiger partial charge in [-0.25, -0.2) is 0 Å². The van der Waals surface area contributed by atoms with Gasteiger partial charge in [-0.3, -0.25) is 4.79 Å². The van der Waals surface area contributed by atoms with Gasteiger partial charge in [-0.15, -0.1) is 0 Å². The van der Waals surface area contributed by atoms with E-state index in [1.54, 1.807) is 7.11 Å². The molecule has 1 saturated carbocycles. The van der Waals surface area contributed by atoms with Crippen molar-refractivity contribution in [2.24, 2.45) is 5.92 Å². The Bertz CT molecular complexity index is 1000. The van der Waals surface area contributed by atoms with Gasteiger partial charge in [0.1, 0.15) is 11.5 Å². The second-order valence-corrected chi connectivity index (χ2v) is 8.16. The zero-order chi connectivity index (χ0) is 19.7. The maximum atomic E-state index is 12.8. The molecule has 1 aliphatic rings. The second kappa shape index (κ2) is 7.79. The fourth-order valence-corrected chi connectivity index (χ4v) is 4.31. The number of rotatable bonds is 7. The fourth-order valence-electron chi connectivity index (χ4n) is 4.31. The van der Waals surface area contributed by atoms with Gasteiger partial charge in [0.25, 0.3) is 0 Å². The van der Waals surface area contributed by atoms with Gasteiger partial charge >= 0.3 is 0 Å². The molecule has 144 valence electrons. The Hall–Kier alpha value is -2.61. The molecule has 0 aliphatic heterocycles. The number of Topliss-reactive ketones (excluding diaryl/α,β-unsaturated/α-hetero) is 1. The normalized spacial score (nSPS) is 19.4. The fraction of sp³-hybridized carbons (Fsp3) is 0.346. The van der Waals surface area contributed by atoms with Gasteiger partial charge in [-0.2, -0.15) is 0 Å². The maximum absolute atomic E-state index is 12.8. The Morgan fingerprint density at radius 2 is 1.86 bits per heavy atom. The Morgan fingerprint density at radius 3 is 2.61 bits per heavy atom. The van der Waals surface area contributed by atoms with Crippen molar-refractivity contribution in [2.45, 2.75) is 44.9 Å². The minimum Gasteiger partial charge on any atom is -0.496 e. The van der Waals surface area contributed by atoms with Crippen LogP contribution in [0.15, 0.2) is 60.7 Å². The van der Waals surface area contributed by atoms with Crippen LogP contribution < -0.4 is 4.74 Å². The van der Waals surface area contributed by atoms with Crippen LogP contribution in [0.2, 0.25) is 0 Å². The molecule has 2 nitrogen and oxygen atoms in total. The Kier molecular flexibility index (Phi) is 5.21. The monoisotopic (exact) mass is 372 g/mol. The first-order valence-corrected chi connectivity index (χ1v) is 10.2. The molecular formula is C26H28O2. The van der Waals surface area contributed by atoms with Crippen molar-refractivity contribution in [2.75, 3.05) is 7.11 Å². The average molecular weight is 373 g/mol. The number of ether oxygens (including phenoxy) is 1. The van der Waals surface area contributed by atoms with Crippen LogP contribution in [-0.2, 0) is 4.79 Å². The molecule has 0 bridgehead atoms. The highest BCUT2D eigenvalue weighted by atomic mass is 16.5. The number of benzene rings is 3. The number of ketones is 1. The molecule has 2 heteroatoms. The van der Waals surface area contributed by atoms with Gasteiger partial charge in [-0.1, -0.05) is 61.5 Å². The summed E-state index contributed by atoms with van der Waals surface area (Å²) < 4.78 is 5.36. The van der Waals surface area contributed by atoms with Gasteiger partial charge in [0, 0.05) is 12.3 Å². The van der Waals surface area contributed by atoms with E-state index in [4.69, 9.17) is 4.74 Å². The molecule has 0 heterocycles. The van der Waals surface area contributed by atoms with Gasteiger partial charge in [-0.05, 0) is 65.1 Å². The number of carbonyl (C=O) groups is 1. The van der Waals surface area contributed by atoms with Gasteiger partial charge < -0.3 is 4.74 Å². The summed E-state index contributed by atoms with van der Waals surface area (Å²) in [6.07, 6.45) is 2.86. The first-order chi connectivity index (χ1) is 13.6. The minimum atomic E-state index is -0.0370. The lowest BCUT2D eigenvalue weighted by atomic mass is 9.91. The number of hydrogen-bond donors (Lipinski definition) is 0. The van der Waals surface area contributed by atoms with Crippen LogP contribution in [0, 0.1) is 12.8 Å². The summed E-state index contributed by atoms with van der Waals surface area (Å²) in [4.78, 5) is 12.8. The average Bonchev–Trinajstić information content (AvgIpc) is 3.50. The SMILES string of the molecule is COc1ccc(C2CC2CCC(=O)C(C)c2ccc3ccccc3c2)cc1C. The largest absolute Gasteiger partial charge is 0.496 e. The van der Waals surface area contributed by atoms with Gasteiger partial charge in [0.2, 0.25) is 0 Å². The number of aryl methyl sites for hydroxylation is 1. The molecule has 1 fully saturated rings. The Morgan fingerprint density at radius 1 is 1.07 bits per heavy atom. The van der Waals surface area contributed by atoms with E-state index in [0.29, 0.717) is 24.0 Å². The number of fused-ring (bicyclic) bond motifs is 1. The predicted octanol–water partition coefficient (Wildman–Crippen LogP) is 6.41. The van der Waals surface area contributed by atoms with Crippen molar-refractivity contribution >= 4 is 16.6 Å². The van der Waals surface area contributed by atoms with Crippen LogP contribution in [0.25, 0.3) is 10.8 Å². The predicted molar refractivity (Wildman–Crippen MR) is 115 cm³/mol. The summed E-state index contributed by atoms with van der Waals surface area (Å²) in [5.74, 6) is 2.51. The van der Waals surface area contributed by atoms with E-state index >= 15 is 0 Å². The van der Waals surface area contributed by atoms with Crippen LogP contribution in [0.1, 0.15) is 54.7 Å². The van der Waals surface area contributed by atoms with Gasteiger partial charge in [0.15, 0.2) is 0 Å². The topological polar surface area (TPSA) is 26.3 Å². The van der Waals surface area contributed by atoms with E-state index in [1.807, 2.05) is 19.1 Å². The molecular weight excluding hydrogens is 344 g/mol. The first kappa shape index (κ1) is 18.7. The van der Waals surface area contributed by atoms with Crippen LogP contribution >= 0.6 is 0 Å². The highest BCUT2D eigenvalue weighted by Gasteiger charge is 2.38. The number of methoxy groups -OCH3 is 1. The molecule has 1 aliphatic carbocycles. The summed E-state index contributed by atoms with van der Waals surface area (Å²) >= 11 is 0. The standard InChI is InChI=1S/C26H28O2/c1-17-14-22(11-13-26(17)28-3)24-16-23(24)10-12-25(27)18(2)20-9-8-19-6-4-5-7-21(19)15-20/h4-9,11,13-15,18,23-24H,10,12,16H2,1-3H3. The summed E-state index contributed by atoms with van der Waals surface area (Å²) in [5, 5.41) is 2.43. The molecule has 0 radical (unpaired) electrons. The summed E-state index contributed by atoms with van der Waals surface area (Å²) in [5.41, 5.74) is 3.70. The van der Waals surface area contributed by atoms with Gasteiger partial charge in [0.05, 0.1) is 7.11 Å². The summed E-state index contributed by atoms with van der Waals surface area (Å²) in [6.45, 7) is 4.14. The minimum absolute atomic E-state index is 0.0370. The summed E-state index contributed by atoms with van der Waals surface area (Å²) in [7, 11) is 1.71. The molecule has 28 heavy (non-hydrogen) atoms. The van der Waals surface area contributed by atoms with E-state index in [9.17, 15) is 4.79 Å². The Labute approximate surface area is 167 Å². The molecule has 3 unspecified atom stereocenters. The molecule has 3 aromatic carbocycles. The van der Waals surface area contributed by atoms with E-state index in [-0.39, 0.29) is 5.92 Å². The molecule has 0 N–H and O–H groups in total. The van der Waals surface area contributed by atoms with E-state index in [1.165, 1.54) is 28.3 Å². The Balaban J connectivity index is 1.35. The third-order valence-corrected chi connectivity index (χ3v) is 6.29. The second-order valence-electron chi connectivity index (χ2n) is 8.16. The molecule has 0 amide bonds. The third kappa shape index (κ3) is 3.82. The van der Waals surface area contributed by atoms with Crippen LogP contribution in [-0.4, -0.2) is 12.9 Å². The third-order valence-electron chi connectivity index (χ3n) is 6.29. The molecule has 0 aromatic heterocycles.